The van der Waals surface area contributed by atoms with Crippen molar-refractivity contribution in [3.05, 3.63) is 59.2 Å². The van der Waals surface area contributed by atoms with E-state index in [2.05, 4.69) is 19.1 Å². The van der Waals surface area contributed by atoms with Crippen LogP contribution in [0.2, 0.25) is 0 Å². The fourth-order valence-electron chi connectivity index (χ4n) is 2.96. The quantitative estimate of drug-likeness (QED) is 0.828. The Morgan fingerprint density at radius 1 is 1.08 bits per heavy atom. The van der Waals surface area contributed by atoms with Crippen LogP contribution in [0, 0.1) is 6.92 Å². The number of methoxy groups -OCH3 is 2. The van der Waals surface area contributed by atoms with Gasteiger partial charge in [-0.05, 0) is 30.2 Å². The van der Waals surface area contributed by atoms with Crippen LogP contribution in [-0.2, 0) is 11.3 Å². The number of rotatable bonds is 5. The molecule has 1 atom stereocenters. The normalized spacial score (nSPS) is 17.2. The SMILES string of the molecule is COc1cccc(OC)c1C1SCC(=O)N1Cc1ccccc1C. The van der Waals surface area contributed by atoms with Gasteiger partial charge < -0.3 is 14.4 Å². The maximum atomic E-state index is 12.5. The standard InChI is InChI=1S/C19H21NO3S/c1-13-7-4-5-8-14(13)11-20-17(21)12-24-19(20)18-15(22-2)9-6-10-16(18)23-3/h4-10,19H,11-12H2,1-3H3. The second kappa shape index (κ2) is 7.18. The molecule has 0 saturated carbocycles. The van der Waals surface area contributed by atoms with Crippen molar-refractivity contribution in [3.63, 3.8) is 0 Å². The first kappa shape index (κ1) is 16.7. The second-order valence-corrected chi connectivity index (χ2v) is 6.76. The highest BCUT2D eigenvalue weighted by Gasteiger charge is 2.36. The summed E-state index contributed by atoms with van der Waals surface area (Å²) in [4.78, 5) is 14.4. The Morgan fingerprint density at radius 3 is 2.38 bits per heavy atom. The molecule has 0 N–H and O–H groups in total. The van der Waals surface area contributed by atoms with Crippen molar-refractivity contribution in [1.82, 2.24) is 4.90 Å². The van der Waals surface area contributed by atoms with Crippen molar-refractivity contribution >= 4 is 17.7 Å². The second-order valence-electron chi connectivity index (χ2n) is 5.69. The Labute approximate surface area is 146 Å². The van der Waals surface area contributed by atoms with Crippen molar-refractivity contribution in [2.75, 3.05) is 20.0 Å². The van der Waals surface area contributed by atoms with Gasteiger partial charge in [0.05, 0.1) is 25.5 Å². The van der Waals surface area contributed by atoms with Gasteiger partial charge in [0.1, 0.15) is 16.9 Å². The van der Waals surface area contributed by atoms with Gasteiger partial charge in [0, 0.05) is 6.54 Å². The summed E-state index contributed by atoms with van der Waals surface area (Å²) in [6.45, 7) is 2.66. The van der Waals surface area contributed by atoms with E-state index >= 15 is 0 Å². The molecule has 1 unspecified atom stereocenters. The van der Waals surface area contributed by atoms with Crippen LogP contribution in [0.15, 0.2) is 42.5 Å². The molecule has 0 aromatic heterocycles. The summed E-state index contributed by atoms with van der Waals surface area (Å²) in [6, 6.07) is 13.9. The molecule has 1 fully saturated rings. The molecule has 2 aromatic rings. The summed E-state index contributed by atoms with van der Waals surface area (Å²) in [7, 11) is 3.29. The van der Waals surface area contributed by atoms with Crippen LogP contribution in [0.1, 0.15) is 22.1 Å². The summed E-state index contributed by atoms with van der Waals surface area (Å²) >= 11 is 1.61. The van der Waals surface area contributed by atoms with Crippen LogP contribution in [0.3, 0.4) is 0 Å². The van der Waals surface area contributed by atoms with Gasteiger partial charge in [-0.2, -0.15) is 0 Å². The van der Waals surface area contributed by atoms with Gasteiger partial charge in [0.2, 0.25) is 5.91 Å². The number of nitrogens with zero attached hydrogens (tertiary/aromatic N) is 1. The number of hydrogen-bond donors (Lipinski definition) is 0. The van der Waals surface area contributed by atoms with Gasteiger partial charge in [-0.1, -0.05) is 30.3 Å². The van der Waals surface area contributed by atoms with E-state index in [0.717, 1.165) is 22.6 Å². The molecule has 1 saturated heterocycles. The van der Waals surface area contributed by atoms with E-state index < -0.39 is 0 Å². The fraction of sp³-hybridized carbons (Fsp3) is 0.316. The summed E-state index contributed by atoms with van der Waals surface area (Å²) in [6.07, 6.45) is 0. The van der Waals surface area contributed by atoms with E-state index in [1.165, 1.54) is 5.56 Å². The first-order valence-electron chi connectivity index (χ1n) is 7.82. The lowest BCUT2D eigenvalue weighted by atomic mass is 10.1. The smallest absolute Gasteiger partial charge is 0.234 e. The lowest BCUT2D eigenvalue weighted by Crippen LogP contribution is -2.28. The minimum atomic E-state index is -0.108. The van der Waals surface area contributed by atoms with E-state index in [9.17, 15) is 4.79 Å². The molecule has 126 valence electrons. The Kier molecular flexibility index (Phi) is 5.00. The van der Waals surface area contributed by atoms with Crippen molar-refractivity contribution in [1.29, 1.82) is 0 Å². The summed E-state index contributed by atoms with van der Waals surface area (Å²) in [5.74, 6) is 2.10. The minimum absolute atomic E-state index is 0.108. The van der Waals surface area contributed by atoms with Gasteiger partial charge in [-0.3, -0.25) is 4.79 Å². The molecule has 0 bridgehead atoms. The van der Waals surface area contributed by atoms with E-state index in [1.807, 2.05) is 35.2 Å². The third-order valence-corrected chi connectivity index (χ3v) is 5.50. The zero-order chi connectivity index (χ0) is 17.1. The van der Waals surface area contributed by atoms with Crippen molar-refractivity contribution in [2.45, 2.75) is 18.8 Å². The zero-order valence-electron chi connectivity index (χ0n) is 14.1. The number of hydrogen-bond acceptors (Lipinski definition) is 4. The van der Waals surface area contributed by atoms with Crippen LogP contribution >= 0.6 is 11.8 Å². The van der Waals surface area contributed by atoms with Crippen LogP contribution in [0.25, 0.3) is 0 Å². The van der Waals surface area contributed by atoms with Crippen molar-refractivity contribution in [3.8, 4) is 11.5 Å². The Balaban J connectivity index is 1.98. The van der Waals surface area contributed by atoms with Crippen molar-refractivity contribution in [2.24, 2.45) is 0 Å². The monoisotopic (exact) mass is 343 g/mol. The molecule has 1 aliphatic heterocycles. The third-order valence-electron chi connectivity index (χ3n) is 4.28. The molecule has 0 aliphatic carbocycles. The Morgan fingerprint density at radius 2 is 1.75 bits per heavy atom. The lowest BCUT2D eigenvalue weighted by Gasteiger charge is -2.27. The highest BCUT2D eigenvalue weighted by atomic mass is 32.2. The number of ether oxygens (including phenoxy) is 2. The molecule has 5 heteroatoms. The average Bonchev–Trinajstić information content (AvgIpc) is 2.96. The fourth-order valence-corrected chi connectivity index (χ4v) is 4.20. The molecule has 24 heavy (non-hydrogen) atoms. The molecule has 1 amide bonds. The van der Waals surface area contributed by atoms with E-state index in [1.54, 1.807) is 26.0 Å². The molecular formula is C19H21NO3S. The highest BCUT2D eigenvalue weighted by molar-refractivity contribution is 8.00. The lowest BCUT2D eigenvalue weighted by molar-refractivity contribution is -0.128. The average molecular weight is 343 g/mol. The molecule has 4 nitrogen and oxygen atoms in total. The van der Waals surface area contributed by atoms with Gasteiger partial charge >= 0.3 is 0 Å². The molecule has 1 aliphatic rings. The van der Waals surface area contributed by atoms with Gasteiger partial charge in [-0.15, -0.1) is 11.8 Å². The molecule has 0 spiro atoms. The first-order valence-corrected chi connectivity index (χ1v) is 8.87. The topological polar surface area (TPSA) is 38.8 Å². The zero-order valence-corrected chi connectivity index (χ0v) is 14.9. The molecular weight excluding hydrogens is 322 g/mol. The Bertz CT molecular complexity index is 725. The maximum absolute atomic E-state index is 12.5. The van der Waals surface area contributed by atoms with Crippen LogP contribution in [0.4, 0.5) is 0 Å². The van der Waals surface area contributed by atoms with E-state index in [-0.39, 0.29) is 11.3 Å². The first-order chi connectivity index (χ1) is 11.7. The number of thioether (sulfide) groups is 1. The van der Waals surface area contributed by atoms with Gasteiger partial charge in [0.15, 0.2) is 0 Å². The summed E-state index contributed by atoms with van der Waals surface area (Å²) in [5.41, 5.74) is 3.27. The predicted molar refractivity (Wildman–Crippen MR) is 96.5 cm³/mol. The molecule has 1 heterocycles. The number of amides is 1. The van der Waals surface area contributed by atoms with E-state index in [0.29, 0.717) is 12.3 Å². The highest BCUT2D eigenvalue weighted by Crippen LogP contribution is 2.47. The van der Waals surface area contributed by atoms with Crippen LogP contribution in [-0.4, -0.2) is 30.8 Å². The third kappa shape index (κ3) is 3.08. The molecule has 3 rings (SSSR count). The summed E-state index contributed by atoms with van der Waals surface area (Å²) < 4.78 is 11.1. The minimum Gasteiger partial charge on any atom is -0.496 e. The number of carbonyl (C=O) groups excluding carboxylic acids is 1. The summed E-state index contributed by atoms with van der Waals surface area (Å²) in [5, 5.41) is -0.108. The van der Waals surface area contributed by atoms with Crippen LogP contribution in [0.5, 0.6) is 11.5 Å². The maximum Gasteiger partial charge on any atom is 0.234 e. The van der Waals surface area contributed by atoms with Crippen molar-refractivity contribution < 1.29 is 14.3 Å². The molecule has 2 aromatic carbocycles. The Hall–Kier alpha value is -2.14. The van der Waals surface area contributed by atoms with Crippen LogP contribution < -0.4 is 9.47 Å². The predicted octanol–water partition coefficient (Wildman–Crippen LogP) is 3.79. The molecule has 0 radical (unpaired) electrons. The number of aryl methyl sites for hydroxylation is 1. The van der Waals surface area contributed by atoms with Gasteiger partial charge in [0.25, 0.3) is 0 Å². The van der Waals surface area contributed by atoms with Gasteiger partial charge in [-0.25, -0.2) is 0 Å². The number of carbonyl (C=O) groups is 1. The largest absolute Gasteiger partial charge is 0.496 e. The number of benzene rings is 2. The van der Waals surface area contributed by atoms with E-state index in [4.69, 9.17) is 9.47 Å².